The topological polar surface area (TPSA) is 113 Å². The summed E-state index contributed by atoms with van der Waals surface area (Å²) in [4.78, 5) is 11.8. The van der Waals surface area contributed by atoms with E-state index in [1.807, 2.05) is 0 Å². The Kier molecular flexibility index (Phi) is 3.98. The Morgan fingerprint density at radius 1 is 1.20 bits per heavy atom. The van der Waals surface area contributed by atoms with Crippen LogP contribution in [-0.4, -0.2) is 42.6 Å². The average Bonchev–Trinajstić information content (AvgIpc) is 2.47. The van der Waals surface area contributed by atoms with Gasteiger partial charge in [0.25, 0.3) is 5.91 Å². The molecule has 0 spiro atoms. The van der Waals surface area contributed by atoms with Gasteiger partial charge in [-0.05, 0) is 37.1 Å². The molecular weight excluding hydrogens is 286 g/mol. The standard InChI is InChI=1S/C12H15NO6S/c14-9-1-3-10(4-2-9)20(17,18)12(11(15)13-16)5-7-19-8-6-12/h1-4,14,16H,5-8H2,(H,13,15). The molecule has 110 valence electrons. The molecule has 2 rings (SSSR count). The van der Waals surface area contributed by atoms with Gasteiger partial charge >= 0.3 is 0 Å². The van der Waals surface area contributed by atoms with Crippen molar-refractivity contribution >= 4 is 15.7 Å². The fourth-order valence-corrected chi connectivity index (χ4v) is 4.21. The van der Waals surface area contributed by atoms with Gasteiger partial charge in [-0.25, -0.2) is 13.9 Å². The van der Waals surface area contributed by atoms with Crippen LogP contribution in [0.3, 0.4) is 0 Å². The summed E-state index contributed by atoms with van der Waals surface area (Å²) in [5, 5.41) is 18.1. The molecule has 0 aliphatic carbocycles. The lowest BCUT2D eigenvalue weighted by molar-refractivity contribution is -0.134. The van der Waals surface area contributed by atoms with Gasteiger partial charge in [0.2, 0.25) is 0 Å². The van der Waals surface area contributed by atoms with Crippen LogP contribution in [0.25, 0.3) is 0 Å². The van der Waals surface area contributed by atoms with Gasteiger partial charge in [0.05, 0.1) is 4.90 Å². The predicted molar refractivity (Wildman–Crippen MR) is 68.0 cm³/mol. The number of amides is 1. The average molecular weight is 301 g/mol. The Morgan fingerprint density at radius 3 is 2.25 bits per heavy atom. The summed E-state index contributed by atoms with van der Waals surface area (Å²) in [5.74, 6) is -1.04. The van der Waals surface area contributed by atoms with E-state index in [1.165, 1.54) is 29.7 Å². The molecule has 3 N–H and O–H groups in total. The van der Waals surface area contributed by atoms with E-state index in [2.05, 4.69) is 0 Å². The molecule has 0 aromatic heterocycles. The van der Waals surface area contributed by atoms with Gasteiger partial charge < -0.3 is 9.84 Å². The van der Waals surface area contributed by atoms with E-state index < -0.39 is 20.5 Å². The molecule has 1 aliphatic heterocycles. The fraction of sp³-hybridized carbons (Fsp3) is 0.417. The van der Waals surface area contributed by atoms with E-state index in [0.717, 1.165) is 0 Å². The second-order valence-electron chi connectivity index (χ2n) is 4.54. The first kappa shape index (κ1) is 14.8. The number of benzene rings is 1. The zero-order valence-electron chi connectivity index (χ0n) is 10.6. The Labute approximate surface area is 116 Å². The number of phenols is 1. The second kappa shape index (κ2) is 5.39. The number of phenolic OH excluding ortho intramolecular Hbond substituents is 1. The SMILES string of the molecule is O=C(NO)C1(S(=O)(=O)c2ccc(O)cc2)CCOCC1. The van der Waals surface area contributed by atoms with Crippen molar-refractivity contribution in [2.24, 2.45) is 0 Å². The Hall–Kier alpha value is -1.64. The van der Waals surface area contributed by atoms with Crippen molar-refractivity contribution in [3.63, 3.8) is 0 Å². The van der Waals surface area contributed by atoms with Crippen LogP contribution in [0.2, 0.25) is 0 Å². The molecule has 1 saturated heterocycles. The number of sulfone groups is 1. The van der Waals surface area contributed by atoms with Crippen molar-refractivity contribution in [2.75, 3.05) is 13.2 Å². The van der Waals surface area contributed by atoms with Crippen LogP contribution in [0, 0.1) is 0 Å². The maximum absolute atomic E-state index is 12.7. The smallest absolute Gasteiger partial charge is 0.265 e. The summed E-state index contributed by atoms with van der Waals surface area (Å²) >= 11 is 0. The Bertz CT molecular complexity index is 589. The molecule has 1 aromatic rings. The third-order valence-electron chi connectivity index (χ3n) is 3.48. The molecule has 20 heavy (non-hydrogen) atoms. The first-order chi connectivity index (χ1) is 9.44. The summed E-state index contributed by atoms with van der Waals surface area (Å²) in [5.41, 5.74) is 1.44. The number of hydrogen-bond acceptors (Lipinski definition) is 6. The van der Waals surface area contributed by atoms with Gasteiger partial charge in [0.15, 0.2) is 14.6 Å². The lowest BCUT2D eigenvalue weighted by atomic mass is 9.98. The molecule has 1 amide bonds. The molecule has 0 saturated carbocycles. The molecule has 0 atom stereocenters. The highest BCUT2D eigenvalue weighted by Crippen LogP contribution is 2.35. The van der Waals surface area contributed by atoms with Gasteiger partial charge in [-0.3, -0.25) is 10.0 Å². The van der Waals surface area contributed by atoms with Crippen LogP contribution < -0.4 is 5.48 Å². The van der Waals surface area contributed by atoms with E-state index in [1.54, 1.807) is 0 Å². The minimum Gasteiger partial charge on any atom is -0.508 e. The molecule has 0 unspecified atom stereocenters. The maximum atomic E-state index is 12.7. The van der Waals surface area contributed by atoms with Crippen molar-refractivity contribution in [2.45, 2.75) is 22.5 Å². The second-order valence-corrected chi connectivity index (χ2v) is 6.80. The molecule has 1 fully saturated rings. The van der Waals surface area contributed by atoms with Crippen molar-refractivity contribution in [3.05, 3.63) is 24.3 Å². The number of nitrogens with one attached hydrogen (secondary N) is 1. The highest BCUT2D eigenvalue weighted by atomic mass is 32.2. The first-order valence-electron chi connectivity index (χ1n) is 6.00. The summed E-state index contributed by atoms with van der Waals surface area (Å²) in [7, 11) is -4.01. The van der Waals surface area contributed by atoms with Crippen molar-refractivity contribution < 1.29 is 28.3 Å². The summed E-state index contributed by atoms with van der Waals surface area (Å²) in [6.45, 7) is 0.232. The van der Waals surface area contributed by atoms with Crippen LogP contribution in [-0.2, 0) is 19.4 Å². The number of hydroxylamine groups is 1. The predicted octanol–water partition coefficient (Wildman–Crippen LogP) is 0.220. The van der Waals surface area contributed by atoms with Crippen LogP contribution >= 0.6 is 0 Å². The van der Waals surface area contributed by atoms with E-state index in [0.29, 0.717) is 0 Å². The first-order valence-corrected chi connectivity index (χ1v) is 7.48. The van der Waals surface area contributed by atoms with Crippen LogP contribution in [0.1, 0.15) is 12.8 Å². The normalized spacial score (nSPS) is 18.4. The summed E-state index contributed by atoms with van der Waals surface area (Å²) in [6.07, 6.45) is -0.0782. The molecule has 1 heterocycles. The van der Waals surface area contributed by atoms with Gasteiger partial charge in [-0.1, -0.05) is 0 Å². The highest BCUT2D eigenvalue weighted by Gasteiger charge is 2.52. The lowest BCUT2D eigenvalue weighted by Crippen LogP contribution is -2.54. The zero-order chi connectivity index (χ0) is 14.8. The van der Waals surface area contributed by atoms with Crippen molar-refractivity contribution in [1.29, 1.82) is 0 Å². The highest BCUT2D eigenvalue weighted by molar-refractivity contribution is 7.93. The number of carbonyl (C=O) groups excluding carboxylic acids is 1. The van der Waals surface area contributed by atoms with Gasteiger partial charge in [-0.2, -0.15) is 0 Å². The fourth-order valence-electron chi connectivity index (χ4n) is 2.27. The van der Waals surface area contributed by atoms with Crippen molar-refractivity contribution in [3.8, 4) is 5.75 Å². The molecule has 1 aromatic carbocycles. The molecule has 0 bridgehead atoms. The lowest BCUT2D eigenvalue weighted by Gasteiger charge is -2.34. The number of ether oxygens (including phenoxy) is 1. The summed E-state index contributed by atoms with van der Waals surface area (Å²) in [6, 6.07) is 4.92. The van der Waals surface area contributed by atoms with Crippen molar-refractivity contribution in [1.82, 2.24) is 5.48 Å². The number of aromatic hydroxyl groups is 1. The Balaban J connectivity index is 2.52. The number of carbonyl (C=O) groups is 1. The molecule has 8 heteroatoms. The Morgan fingerprint density at radius 2 is 1.75 bits per heavy atom. The quantitative estimate of drug-likeness (QED) is 0.544. The van der Waals surface area contributed by atoms with Gasteiger partial charge in [0.1, 0.15) is 5.75 Å². The largest absolute Gasteiger partial charge is 0.508 e. The van der Waals surface area contributed by atoms with E-state index in [4.69, 9.17) is 9.94 Å². The maximum Gasteiger partial charge on any atom is 0.265 e. The molecular formula is C12H15NO6S. The third-order valence-corrected chi connectivity index (χ3v) is 5.99. The number of hydrogen-bond donors (Lipinski definition) is 3. The minimum absolute atomic E-state index is 0.0391. The van der Waals surface area contributed by atoms with Crippen LogP contribution in [0.5, 0.6) is 5.75 Å². The van der Waals surface area contributed by atoms with Crippen LogP contribution in [0.4, 0.5) is 0 Å². The number of rotatable bonds is 3. The van der Waals surface area contributed by atoms with E-state index in [9.17, 15) is 18.3 Å². The molecule has 0 radical (unpaired) electrons. The third kappa shape index (κ3) is 2.26. The summed E-state index contributed by atoms with van der Waals surface area (Å²) < 4.78 is 28.8. The van der Waals surface area contributed by atoms with Gasteiger partial charge in [-0.15, -0.1) is 0 Å². The molecule has 7 nitrogen and oxygen atoms in total. The van der Waals surface area contributed by atoms with E-state index >= 15 is 0 Å². The monoisotopic (exact) mass is 301 g/mol. The molecule has 1 aliphatic rings. The van der Waals surface area contributed by atoms with Gasteiger partial charge in [0, 0.05) is 13.2 Å². The zero-order valence-corrected chi connectivity index (χ0v) is 11.4. The van der Waals surface area contributed by atoms with E-state index in [-0.39, 0.29) is 36.7 Å². The van der Waals surface area contributed by atoms with Crippen LogP contribution in [0.15, 0.2) is 29.2 Å². The minimum atomic E-state index is -4.01.